The summed E-state index contributed by atoms with van der Waals surface area (Å²) >= 11 is 6.69. The summed E-state index contributed by atoms with van der Waals surface area (Å²) in [5, 5.41) is 10.1. The summed E-state index contributed by atoms with van der Waals surface area (Å²) in [6.45, 7) is 20.7. The van der Waals surface area contributed by atoms with Gasteiger partial charge in [0.15, 0.2) is 0 Å². The van der Waals surface area contributed by atoms with E-state index < -0.39 is 0 Å². The average Bonchev–Trinajstić information content (AvgIpc) is 4.11. The SMILES string of the molecule is CCC(C)N(CCC(=O)Nc1sc2c(c1-c1nc3ccccc3s1)CCN(CCN)C2)C(C)=O.CCCN1CCc2c(sc(NC(=O)CCN(C(C)=O)C(C)CC)c2-c2nc3ccccc3s2)C1. The second kappa shape index (κ2) is 23.8. The minimum atomic E-state index is -0.0747. The van der Waals surface area contributed by atoms with E-state index in [2.05, 4.69) is 53.3 Å². The number of carbonyl (C=O) groups is 4. The van der Waals surface area contributed by atoms with Crippen molar-refractivity contribution in [3.05, 3.63) is 69.4 Å². The molecule has 4 N–H and O–H groups in total. The van der Waals surface area contributed by atoms with Crippen LogP contribution in [0.2, 0.25) is 0 Å². The third-order valence-corrected chi connectivity index (χ3v) is 17.4. The summed E-state index contributed by atoms with van der Waals surface area (Å²) in [6, 6.07) is 16.6. The highest BCUT2D eigenvalue weighted by atomic mass is 32.1. The molecule has 2 unspecified atom stereocenters. The van der Waals surface area contributed by atoms with Crippen LogP contribution in [0.5, 0.6) is 0 Å². The van der Waals surface area contributed by atoms with Crippen LogP contribution >= 0.6 is 45.3 Å². The molecule has 0 saturated heterocycles. The Bertz CT molecular complexity index is 2460. The summed E-state index contributed by atoms with van der Waals surface area (Å²) in [4.78, 5) is 70.9. The molecule has 4 amide bonds. The first-order valence-electron chi connectivity index (χ1n) is 24.1. The third kappa shape index (κ3) is 12.2. The number of amides is 4. The van der Waals surface area contributed by atoms with Crippen LogP contribution < -0.4 is 16.4 Å². The number of benzene rings is 2. The Labute approximate surface area is 417 Å². The summed E-state index contributed by atoms with van der Waals surface area (Å²) in [6.07, 6.45) is 5.31. The maximum atomic E-state index is 13.0. The molecular weight excluding hydrogens is 931 g/mol. The molecule has 13 nitrogen and oxygen atoms in total. The van der Waals surface area contributed by atoms with Crippen molar-refractivity contribution in [2.24, 2.45) is 5.73 Å². The predicted molar refractivity (Wildman–Crippen MR) is 284 cm³/mol. The van der Waals surface area contributed by atoms with Crippen molar-refractivity contribution in [1.82, 2.24) is 29.6 Å². The van der Waals surface area contributed by atoms with E-state index >= 15 is 0 Å². The van der Waals surface area contributed by atoms with Crippen LogP contribution in [0.15, 0.2) is 48.5 Å². The van der Waals surface area contributed by atoms with Gasteiger partial charge in [-0.25, -0.2) is 9.97 Å². The van der Waals surface area contributed by atoms with Gasteiger partial charge in [-0.2, -0.15) is 0 Å². The lowest BCUT2D eigenvalue weighted by Crippen LogP contribution is -2.38. The zero-order valence-electron chi connectivity index (χ0n) is 40.6. The largest absolute Gasteiger partial charge is 0.340 e. The summed E-state index contributed by atoms with van der Waals surface area (Å²) < 4.78 is 2.30. The molecule has 0 fully saturated rings. The van der Waals surface area contributed by atoms with Crippen molar-refractivity contribution in [1.29, 1.82) is 0 Å². The van der Waals surface area contributed by atoms with Crippen molar-refractivity contribution in [2.45, 2.75) is 119 Å². The number of nitrogens with zero attached hydrogens (tertiary/aromatic N) is 6. The number of anilines is 2. The lowest BCUT2D eigenvalue weighted by Gasteiger charge is -2.27. The number of hydrogen-bond acceptors (Lipinski definition) is 13. The molecule has 68 heavy (non-hydrogen) atoms. The van der Waals surface area contributed by atoms with Crippen molar-refractivity contribution in [3.8, 4) is 21.1 Å². The molecule has 364 valence electrons. The number of nitrogens with one attached hydrogen (secondary N) is 2. The zero-order chi connectivity index (χ0) is 48.5. The van der Waals surface area contributed by atoms with Gasteiger partial charge in [-0.15, -0.1) is 45.3 Å². The van der Waals surface area contributed by atoms with Crippen LogP contribution in [0, 0.1) is 0 Å². The minimum absolute atomic E-state index is 0.00361. The van der Waals surface area contributed by atoms with E-state index in [9.17, 15) is 19.2 Å². The molecule has 8 rings (SSSR count). The molecule has 6 aromatic rings. The first-order chi connectivity index (χ1) is 32.8. The first-order valence-corrected chi connectivity index (χ1v) is 27.4. The Hall–Kier alpha value is -4.62. The molecule has 2 aliphatic rings. The Balaban J connectivity index is 0.000000201. The second-order valence-corrected chi connectivity index (χ2v) is 22.0. The standard InChI is InChI=1S/C26H34N4O2S2.C25H33N5O2S2/c1-5-13-29-14-11-19-22(16-29)34-26(24(19)25-27-20-9-7-8-10-21(20)33-25)28-23(32)12-15-30(18(4)31)17(3)6-2;1-4-16(2)30(17(3)31)13-10-22(32)28-25-23(24-27-19-7-5-6-8-20(19)33-24)18-9-12-29(14-11-26)15-21(18)34-25/h7-10,17H,5-6,11-16H2,1-4H3,(H,28,32);5-8,16H,4,9-15,26H2,1-3H3,(H,28,32). The molecule has 17 heteroatoms. The van der Waals surface area contributed by atoms with E-state index in [0.29, 0.717) is 19.6 Å². The van der Waals surface area contributed by atoms with Crippen LogP contribution in [0.4, 0.5) is 10.0 Å². The van der Waals surface area contributed by atoms with E-state index in [0.717, 1.165) is 123 Å². The number of hydrogen-bond donors (Lipinski definition) is 3. The molecule has 2 atom stereocenters. The van der Waals surface area contributed by atoms with E-state index in [1.54, 1.807) is 69.0 Å². The average molecular weight is 998 g/mol. The highest BCUT2D eigenvalue weighted by Crippen LogP contribution is 2.47. The fraction of sp³-hybridized carbons (Fsp3) is 0.490. The second-order valence-electron chi connectivity index (χ2n) is 17.8. The maximum Gasteiger partial charge on any atom is 0.226 e. The van der Waals surface area contributed by atoms with Crippen LogP contribution in [-0.4, -0.2) is 111 Å². The van der Waals surface area contributed by atoms with E-state index in [4.69, 9.17) is 15.7 Å². The van der Waals surface area contributed by atoms with Gasteiger partial charge in [-0.1, -0.05) is 45.0 Å². The van der Waals surface area contributed by atoms with Crippen molar-refractivity contribution >= 4 is 99.4 Å². The van der Waals surface area contributed by atoms with Crippen molar-refractivity contribution in [3.63, 3.8) is 0 Å². The van der Waals surface area contributed by atoms with Gasteiger partial charge >= 0.3 is 0 Å². The van der Waals surface area contributed by atoms with Crippen molar-refractivity contribution < 1.29 is 19.2 Å². The van der Waals surface area contributed by atoms with Crippen LogP contribution in [0.3, 0.4) is 0 Å². The Morgan fingerprint density at radius 1 is 0.662 bits per heavy atom. The monoisotopic (exact) mass is 997 g/mol. The highest BCUT2D eigenvalue weighted by Gasteiger charge is 2.30. The van der Waals surface area contributed by atoms with E-state index in [1.165, 1.54) is 20.9 Å². The number of carbonyl (C=O) groups excluding carboxylic acids is 4. The van der Waals surface area contributed by atoms with Gasteiger partial charge in [0.05, 0.1) is 20.4 Å². The molecule has 0 spiro atoms. The number of aromatic nitrogens is 2. The highest BCUT2D eigenvalue weighted by molar-refractivity contribution is 7.23. The topological polar surface area (TPSA) is 157 Å². The number of thiophene rings is 2. The van der Waals surface area contributed by atoms with Gasteiger partial charge in [0.25, 0.3) is 0 Å². The van der Waals surface area contributed by atoms with E-state index in [1.807, 2.05) is 50.2 Å². The normalized spacial score (nSPS) is 14.7. The zero-order valence-corrected chi connectivity index (χ0v) is 43.9. The Kier molecular flexibility index (Phi) is 17.9. The van der Waals surface area contributed by atoms with Gasteiger partial charge in [0.2, 0.25) is 23.6 Å². The Morgan fingerprint density at radius 2 is 1.09 bits per heavy atom. The molecular formula is C51H67N9O4S4. The van der Waals surface area contributed by atoms with Crippen LogP contribution in [-0.2, 0) is 45.1 Å². The van der Waals surface area contributed by atoms with Crippen LogP contribution in [0.1, 0.15) is 101 Å². The van der Waals surface area contributed by atoms with Gasteiger partial charge in [0, 0.05) is 112 Å². The minimum Gasteiger partial charge on any atom is -0.340 e. The summed E-state index contributed by atoms with van der Waals surface area (Å²) in [7, 11) is 0. The fourth-order valence-corrected chi connectivity index (χ4v) is 13.9. The predicted octanol–water partition coefficient (Wildman–Crippen LogP) is 10.1. The van der Waals surface area contributed by atoms with Gasteiger partial charge in [-0.3, -0.25) is 29.0 Å². The Morgan fingerprint density at radius 3 is 1.47 bits per heavy atom. The fourth-order valence-electron chi connectivity index (χ4n) is 9.02. The molecule has 2 aromatic carbocycles. The molecule has 4 aromatic heterocycles. The summed E-state index contributed by atoms with van der Waals surface area (Å²) in [5.74, 6) is -0.112. The van der Waals surface area contributed by atoms with Gasteiger partial charge in [-0.05, 0) is 87.9 Å². The number of nitrogens with two attached hydrogens (primary N) is 1. The smallest absolute Gasteiger partial charge is 0.226 e. The van der Waals surface area contributed by atoms with Gasteiger partial charge < -0.3 is 26.2 Å². The number of thiazole rings is 2. The number of para-hydroxylation sites is 2. The molecule has 0 radical (unpaired) electrons. The molecule has 0 bridgehead atoms. The van der Waals surface area contributed by atoms with Crippen LogP contribution in [0.25, 0.3) is 41.6 Å². The van der Waals surface area contributed by atoms with Gasteiger partial charge in [0.1, 0.15) is 20.0 Å². The maximum absolute atomic E-state index is 13.0. The third-order valence-electron chi connectivity index (χ3n) is 13.0. The van der Waals surface area contributed by atoms with Crippen molar-refractivity contribution in [2.75, 3.05) is 56.4 Å². The molecule has 2 aliphatic heterocycles. The quantitative estimate of drug-likeness (QED) is 0.0763. The lowest BCUT2D eigenvalue weighted by atomic mass is 10.0. The summed E-state index contributed by atoms with van der Waals surface area (Å²) in [5.41, 5.74) is 12.5. The molecule has 0 saturated carbocycles. The number of fused-ring (bicyclic) bond motifs is 4. The lowest BCUT2D eigenvalue weighted by molar-refractivity contribution is -0.132. The molecule has 0 aliphatic carbocycles. The first kappa shape index (κ1) is 51.2. The van der Waals surface area contributed by atoms with E-state index in [-0.39, 0.29) is 48.6 Å². The number of rotatable bonds is 18. The molecule has 6 heterocycles.